The number of ether oxygens (including phenoxy) is 1. The molecule has 1 aliphatic rings. The van der Waals surface area contributed by atoms with Crippen molar-refractivity contribution in [2.45, 2.75) is 26.4 Å². The number of anilines is 1. The van der Waals surface area contributed by atoms with Gasteiger partial charge in [-0.05, 0) is 25.1 Å². The Morgan fingerprint density at radius 1 is 1.11 bits per heavy atom. The van der Waals surface area contributed by atoms with Crippen molar-refractivity contribution in [1.29, 1.82) is 0 Å². The lowest BCUT2D eigenvalue weighted by atomic mass is 10.2. The van der Waals surface area contributed by atoms with Crippen LogP contribution in [-0.2, 0) is 11.4 Å². The molecule has 1 amide bonds. The van der Waals surface area contributed by atoms with Gasteiger partial charge in [-0.2, -0.15) is 0 Å². The fourth-order valence-electron chi connectivity index (χ4n) is 2.74. The first-order valence-corrected chi connectivity index (χ1v) is 8.59. The summed E-state index contributed by atoms with van der Waals surface area (Å²) in [5.41, 5.74) is 1.85. The molecule has 1 aromatic carbocycles. The van der Waals surface area contributed by atoms with Crippen LogP contribution in [0.4, 0.5) is 14.6 Å². The number of aromatic nitrogens is 5. The Labute approximate surface area is 158 Å². The van der Waals surface area contributed by atoms with Gasteiger partial charge in [0.1, 0.15) is 12.3 Å². The van der Waals surface area contributed by atoms with Crippen LogP contribution < -0.4 is 9.64 Å². The molecule has 3 aromatic rings. The topological polar surface area (TPSA) is 86.0 Å². The smallest absolute Gasteiger partial charge is 0.263 e. The standard InChI is InChI=1S/C18H16F2N6O2/c1-11-14(26(24-21-11)13-4-2-12(3-5-13)18(19)20)10-28-16-7-6-15(22-23-16)25-9-8-17(25)27/h2-7,18H,8-10H2,1H3. The second-order valence-electron chi connectivity index (χ2n) is 6.24. The summed E-state index contributed by atoms with van der Waals surface area (Å²) in [5, 5.41) is 16.1. The first kappa shape index (κ1) is 18.0. The van der Waals surface area contributed by atoms with E-state index in [1.54, 1.807) is 36.1 Å². The maximum Gasteiger partial charge on any atom is 0.263 e. The van der Waals surface area contributed by atoms with Gasteiger partial charge < -0.3 is 4.74 Å². The van der Waals surface area contributed by atoms with Crippen LogP contribution in [0.15, 0.2) is 36.4 Å². The van der Waals surface area contributed by atoms with Crippen LogP contribution in [0.1, 0.15) is 29.8 Å². The summed E-state index contributed by atoms with van der Waals surface area (Å²) >= 11 is 0. The predicted octanol–water partition coefficient (Wildman–Crippen LogP) is 2.62. The van der Waals surface area contributed by atoms with Gasteiger partial charge in [-0.25, -0.2) is 13.5 Å². The number of carbonyl (C=O) groups is 1. The maximum atomic E-state index is 12.7. The summed E-state index contributed by atoms with van der Waals surface area (Å²) in [7, 11) is 0. The number of halogens is 2. The number of benzene rings is 1. The number of alkyl halides is 2. The van der Waals surface area contributed by atoms with E-state index in [9.17, 15) is 13.6 Å². The molecule has 0 N–H and O–H groups in total. The number of nitrogens with zero attached hydrogens (tertiary/aromatic N) is 6. The molecule has 144 valence electrons. The zero-order chi connectivity index (χ0) is 19.7. The van der Waals surface area contributed by atoms with E-state index >= 15 is 0 Å². The normalized spacial score (nSPS) is 13.7. The van der Waals surface area contributed by atoms with E-state index in [0.717, 1.165) is 0 Å². The van der Waals surface area contributed by atoms with E-state index in [-0.39, 0.29) is 24.0 Å². The Balaban J connectivity index is 1.48. The van der Waals surface area contributed by atoms with Crippen LogP contribution in [0.25, 0.3) is 5.69 Å². The quantitative estimate of drug-likeness (QED) is 0.606. The van der Waals surface area contributed by atoms with Crippen LogP contribution in [-0.4, -0.2) is 37.6 Å². The number of β-lactam (4-membered cyclic amide) rings is 1. The van der Waals surface area contributed by atoms with E-state index in [0.29, 0.717) is 35.9 Å². The van der Waals surface area contributed by atoms with Crippen molar-refractivity contribution < 1.29 is 18.3 Å². The summed E-state index contributed by atoms with van der Waals surface area (Å²) in [6, 6.07) is 9.11. The lowest BCUT2D eigenvalue weighted by Gasteiger charge is -2.28. The Morgan fingerprint density at radius 2 is 1.89 bits per heavy atom. The van der Waals surface area contributed by atoms with Gasteiger partial charge in [0, 0.05) is 24.6 Å². The van der Waals surface area contributed by atoms with Gasteiger partial charge in [0.2, 0.25) is 11.8 Å². The second kappa shape index (κ2) is 7.29. The third-order valence-electron chi connectivity index (χ3n) is 4.46. The molecule has 28 heavy (non-hydrogen) atoms. The lowest BCUT2D eigenvalue weighted by Crippen LogP contribution is -2.44. The molecule has 0 radical (unpaired) electrons. The molecule has 4 rings (SSSR count). The molecule has 0 atom stereocenters. The molecule has 1 fully saturated rings. The van der Waals surface area contributed by atoms with Crippen molar-refractivity contribution in [3.8, 4) is 11.6 Å². The number of hydrogen-bond acceptors (Lipinski definition) is 6. The number of hydrogen-bond donors (Lipinski definition) is 0. The van der Waals surface area contributed by atoms with Crippen LogP contribution in [0, 0.1) is 6.92 Å². The van der Waals surface area contributed by atoms with Gasteiger partial charge in [0.15, 0.2) is 5.82 Å². The molecule has 3 heterocycles. The fourth-order valence-corrected chi connectivity index (χ4v) is 2.74. The maximum absolute atomic E-state index is 12.7. The molecule has 1 aliphatic heterocycles. The summed E-state index contributed by atoms with van der Waals surface area (Å²) in [6.07, 6.45) is -2.00. The molecule has 0 aliphatic carbocycles. The molecule has 1 saturated heterocycles. The Morgan fingerprint density at radius 3 is 2.46 bits per heavy atom. The Hall–Kier alpha value is -3.43. The van der Waals surface area contributed by atoms with Crippen molar-refractivity contribution in [3.05, 3.63) is 53.3 Å². The third-order valence-corrected chi connectivity index (χ3v) is 4.46. The monoisotopic (exact) mass is 386 g/mol. The highest BCUT2D eigenvalue weighted by Gasteiger charge is 2.26. The van der Waals surface area contributed by atoms with E-state index in [2.05, 4.69) is 20.5 Å². The average molecular weight is 386 g/mol. The lowest BCUT2D eigenvalue weighted by molar-refractivity contribution is -0.122. The number of amides is 1. The highest BCUT2D eigenvalue weighted by molar-refractivity contribution is 5.98. The molecule has 8 nitrogen and oxygen atoms in total. The molecule has 0 saturated carbocycles. The van der Waals surface area contributed by atoms with Crippen LogP contribution >= 0.6 is 0 Å². The SMILES string of the molecule is Cc1nnn(-c2ccc(C(F)F)cc2)c1COc1ccc(N2CCC2=O)nn1. The van der Waals surface area contributed by atoms with E-state index in [1.165, 1.54) is 16.8 Å². The number of aryl methyl sites for hydroxylation is 1. The minimum absolute atomic E-state index is 0.0198. The van der Waals surface area contributed by atoms with Crippen molar-refractivity contribution in [3.63, 3.8) is 0 Å². The largest absolute Gasteiger partial charge is 0.470 e. The van der Waals surface area contributed by atoms with Gasteiger partial charge in [-0.3, -0.25) is 9.69 Å². The molecule has 10 heteroatoms. The van der Waals surface area contributed by atoms with Gasteiger partial charge in [-0.15, -0.1) is 15.3 Å². The number of rotatable bonds is 6. The number of carbonyl (C=O) groups excluding carboxylic acids is 1. The van der Waals surface area contributed by atoms with Crippen LogP contribution in [0.2, 0.25) is 0 Å². The molecular weight excluding hydrogens is 370 g/mol. The molecule has 0 spiro atoms. The van der Waals surface area contributed by atoms with Crippen molar-refractivity contribution in [2.24, 2.45) is 0 Å². The fraction of sp³-hybridized carbons (Fsp3) is 0.278. The van der Waals surface area contributed by atoms with Crippen molar-refractivity contribution in [2.75, 3.05) is 11.4 Å². The summed E-state index contributed by atoms with van der Waals surface area (Å²) in [4.78, 5) is 13.0. The average Bonchev–Trinajstić information content (AvgIpc) is 3.06. The van der Waals surface area contributed by atoms with Crippen molar-refractivity contribution >= 4 is 11.7 Å². The minimum atomic E-state index is -2.53. The van der Waals surface area contributed by atoms with E-state index < -0.39 is 6.43 Å². The van der Waals surface area contributed by atoms with Crippen molar-refractivity contribution in [1.82, 2.24) is 25.2 Å². The van der Waals surface area contributed by atoms with Gasteiger partial charge in [0.05, 0.1) is 11.4 Å². The second-order valence-corrected chi connectivity index (χ2v) is 6.24. The molecule has 0 bridgehead atoms. The summed E-state index contributed by atoms with van der Waals surface area (Å²) in [6.45, 7) is 2.54. The first-order chi connectivity index (χ1) is 13.5. The van der Waals surface area contributed by atoms with Crippen LogP contribution in [0.5, 0.6) is 5.88 Å². The first-order valence-electron chi connectivity index (χ1n) is 8.59. The predicted molar refractivity (Wildman–Crippen MR) is 94.4 cm³/mol. The zero-order valence-electron chi connectivity index (χ0n) is 14.9. The Bertz CT molecular complexity index is 988. The van der Waals surface area contributed by atoms with Gasteiger partial charge in [-0.1, -0.05) is 17.3 Å². The van der Waals surface area contributed by atoms with E-state index in [4.69, 9.17) is 4.74 Å². The van der Waals surface area contributed by atoms with E-state index in [1.807, 2.05) is 0 Å². The highest BCUT2D eigenvalue weighted by atomic mass is 19.3. The third kappa shape index (κ3) is 3.40. The van der Waals surface area contributed by atoms with Gasteiger partial charge in [0.25, 0.3) is 6.43 Å². The molecule has 2 aromatic heterocycles. The summed E-state index contributed by atoms with van der Waals surface area (Å²) in [5.74, 6) is 0.800. The highest BCUT2D eigenvalue weighted by Crippen LogP contribution is 2.22. The van der Waals surface area contributed by atoms with Gasteiger partial charge >= 0.3 is 0 Å². The molecule has 0 unspecified atom stereocenters. The molecular formula is C18H16F2N6O2. The minimum Gasteiger partial charge on any atom is -0.470 e. The summed E-state index contributed by atoms with van der Waals surface area (Å²) < 4.78 is 32.7. The zero-order valence-corrected chi connectivity index (χ0v) is 14.9. The Kier molecular flexibility index (Phi) is 4.68. The van der Waals surface area contributed by atoms with Crippen LogP contribution in [0.3, 0.4) is 0 Å².